The second-order valence-corrected chi connectivity index (χ2v) is 5.69. The topological polar surface area (TPSA) is 55.9 Å². The number of hydrogen-bond donors (Lipinski definition) is 2. The van der Waals surface area contributed by atoms with Gasteiger partial charge in [0.05, 0.1) is 11.9 Å². The van der Waals surface area contributed by atoms with E-state index in [1.807, 2.05) is 31.3 Å². The van der Waals surface area contributed by atoms with Crippen LogP contribution in [0.5, 0.6) is 0 Å². The van der Waals surface area contributed by atoms with E-state index >= 15 is 0 Å². The summed E-state index contributed by atoms with van der Waals surface area (Å²) in [7, 11) is 1.88. The first-order valence-corrected chi connectivity index (χ1v) is 7.33. The number of rotatable bonds is 5. The third-order valence-corrected chi connectivity index (χ3v) is 3.80. The lowest BCUT2D eigenvalue weighted by Gasteiger charge is -2.14. The normalized spacial score (nSPS) is 10.4. The molecule has 2 rings (SSSR count). The Balaban J connectivity index is 2.42. The van der Waals surface area contributed by atoms with Crippen LogP contribution in [0, 0.1) is 0 Å². The highest BCUT2D eigenvalue weighted by molar-refractivity contribution is 7.99. The Morgan fingerprint density at radius 2 is 2.26 bits per heavy atom. The molecule has 0 saturated carbocycles. The van der Waals surface area contributed by atoms with Gasteiger partial charge in [0.2, 0.25) is 0 Å². The summed E-state index contributed by atoms with van der Waals surface area (Å²) in [5.74, 6) is 1.88. The van der Waals surface area contributed by atoms with Crippen LogP contribution in [0.2, 0.25) is 0 Å². The minimum Gasteiger partial charge on any atom is -0.389 e. The highest BCUT2D eigenvalue weighted by atomic mass is 32.2. The molecule has 0 fully saturated rings. The summed E-state index contributed by atoms with van der Waals surface area (Å²) in [6.45, 7) is 2.11. The molecule has 0 aliphatic rings. The summed E-state index contributed by atoms with van der Waals surface area (Å²) >= 11 is 6.91. The van der Waals surface area contributed by atoms with Crippen molar-refractivity contribution in [3.8, 4) is 0 Å². The van der Waals surface area contributed by atoms with Crippen molar-refractivity contribution in [1.82, 2.24) is 9.78 Å². The number of aromatic nitrogens is 2. The molecule has 0 atom stereocenters. The van der Waals surface area contributed by atoms with Gasteiger partial charge in [0.25, 0.3) is 0 Å². The van der Waals surface area contributed by atoms with Crippen molar-refractivity contribution in [3.63, 3.8) is 0 Å². The first-order chi connectivity index (χ1) is 9.13. The van der Waals surface area contributed by atoms with Crippen LogP contribution >= 0.6 is 24.0 Å². The summed E-state index contributed by atoms with van der Waals surface area (Å²) in [6.07, 6.45) is 1.74. The van der Waals surface area contributed by atoms with Gasteiger partial charge in [-0.2, -0.15) is 5.10 Å². The zero-order valence-electron chi connectivity index (χ0n) is 10.9. The van der Waals surface area contributed by atoms with E-state index in [0.29, 0.717) is 4.99 Å². The summed E-state index contributed by atoms with van der Waals surface area (Å²) in [5, 5.41) is 7.45. The predicted octanol–water partition coefficient (Wildman–Crippen LogP) is 2.91. The van der Waals surface area contributed by atoms with Gasteiger partial charge in [-0.1, -0.05) is 25.2 Å². The van der Waals surface area contributed by atoms with Gasteiger partial charge in [-0.3, -0.25) is 4.68 Å². The molecular formula is C13H16N4S2. The maximum Gasteiger partial charge on any atom is 0.128 e. The fourth-order valence-electron chi connectivity index (χ4n) is 1.80. The van der Waals surface area contributed by atoms with E-state index in [4.69, 9.17) is 18.0 Å². The summed E-state index contributed by atoms with van der Waals surface area (Å²) < 4.78 is 1.77. The standard InChI is InChI=1S/C13H16N4S2/c1-3-19-10-6-4-5-9(12(10)13(14)18)16-11-7-8-15-17(11)2/h4-8,16H,3H2,1-2H3,(H2,14,18). The Bertz CT molecular complexity index is 592. The van der Waals surface area contributed by atoms with Crippen molar-refractivity contribution >= 4 is 40.5 Å². The van der Waals surface area contributed by atoms with Crippen molar-refractivity contribution < 1.29 is 0 Å². The second kappa shape index (κ2) is 6.08. The Labute approximate surface area is 122 Å². The van der Waals surface area contributed by atoms with Crippen LogP contribution in [0.15, 0.2) is 35.4 Å². The van der Waals surface area contributed by atoms with Crippen LogP contribution < -0.4 is 11.1 Å². The third kappa shape index (κ3) is 3.08. The van der Waals surface area contributed by atoms with Crippen molar-refractivity contribution in [3.05, 3.63) is 36.0 Å². The van der Waals surface area contributed by atoms with Gasteiger partial charge in [0, 0.05) is 23.6 Å². The van der Waals surface area contributed by atoms with Crippen LogP contribution in [-0.2, 0) is 7.05 Å². The molecule has 4 nitrogen and oxygen atoms in total. The minimum atomic E-state index is 0.404. The number of aryl methyl sites for hydroxylation is 1. The number of anilines is 2. The zero-order valence-corrected chi connectivity index (χ0v) is 12.5. The monoisotopic (exact) mass is 292 g/mol. The lowest BCUT2D eigenvalue weighted by molar-refractivity contribution is 0.776. The summed E-state index contributed by atoms with van der Waals surface area (Å²) in [5.41, 5.74) is 7.67. The van der Waals surface area contributed by atoms with Crippen LogP contribution in [0.4, 0.5) is 11.5 Å². The molecule has 0 amide bonds. The number of thioether (sulfide) groups is 1. The van der Waals surface area contributed by atoms with Crippen molar-refractivity contribution in [1.29, 1.82) is 0 Å². The molecule has 0 spiro atoms. The molecule has 0 aliphatic heterocycles. The van der Waals surface area contributed by atoms with Gasteiger partial charge in [0.15, 0.2) is 0 Å². The van der Waals surface area contributed by atoms with Crippen molar-refractivity contribution in [2.75, 3.05) is 11.1 Å². The first kappa shape index (κ1) is 13.9. The zero-order chi connectivity index (χ0) is 13.8. The van der Waals surface area contributed by atoms with Crippen molar-refractivity contribution in [2.45, 2.75) is 11.8 Å². The van der Waals surface area contributed by atoms with Crippen LogP contribution in [0.3, 0.4) is 0 Å². The molecule has 1 heterocycles. The highest BCUT2D eigenvalue weighted by Gasteiger charge is 2.12. The molecule has 0 radical (unpaired) electrons. The third-order valence-electron chi connectivity index (χ3n) is 2.66. The van der Waals surface area contributed by atoms with Gasteiger partial charge in [-0.25, -0.2) is 0 Å². The number of thiocarbonyl (C=S) groups is 1. The SMILES string of the molecule is CCSc1cccc(Nc2ccnn2C)c1C(N)=S. The quantitative estimate of drug-likeness (QED) is 0.655. The van der Waals surface area contributed by atoms with E-state index < -0.39 is 0 Å². The Morgan fingerprint density at radius 1 is 1.47 bits per heavy atom. The Kier molecular flexibility index (Phi) is 4.44. The van der Waals surface area contributed by atoms with Gasteiger partial charge in [0.1, 0.15) is 10.8 Å². The molecule has 0 saturated heterocycles. The summed E-state index contributed by atoms with van der Waals surface area (Å²) in [6, 6.07) is 7.92. The number of nitrogens with two attached hydrogens (primary N) is 1. The molecule has 1 aromatic heterocycles. The average Bonchev–Trinajstić information content (AvgIpc) is 2.75. The lowest BCUT2D eigenvalue weighted by atomic mass is 10.1. The van der Waals surface area contributed by atoms with E-state index in [1.165, 1.54) is 0 Å². The molecule has 0 bridgehead atoms. The van der Waals surface area contributed by atoms with E-state index in [1.54, 1.807) is 22.6 Å². The minimum absolute atomic E-state index is 0.404. The van der Waals surface area contributed by atoms with Gasteiger partial charge in [-0.05, 0) is 17.9 Å². The highest BCUT2D eigenvalue weighted by Crippen LogP contribution is 2.30. The van der Waals surface area contributed by atoms with Crippen LogP contribution in [-0.4, -0.2) is 20.5 Å². The van der Waals surface area contributed by atoms with E-state index in [9.17, 15) is 0 Å². The first-order valence-electron chi connectivity index (χ1n) is 5.94. The molecule has 0 unspecified atom stereocenters. The van der Waals surface area contributed by atoms with E-state index in [2.05, 4.69) is 17.3 Å². The molecule has 1 aromatic carbocycles. The van der Waals surface area contributed by atoms with E-state index in [-0.39, 0.29) is 0 Å². The molecule has 0 aliphatic carbocycles. The number of nitrogens with zero attached hydrogens (tertiary/aromatic N) is 2. The molecule has 2 aromatic rings. The van der Waals surface area contributed by atoms with Gasteiger partial charge < -0.3 is 11.1 Å². The van der Waals surface area contributed by atoms with Crippen LogP contribution in [0.25, 0.3) is 0 Å². The fourth-order valence-corrected chi connectivity index (χ4v) is 2.93. The number of nitrogens with one attached hydrogen (secondary N) is 1. The fraction of sp³-hybridized carbons (Fsp3) is 0.231. The van der Waals surface area contributed by atoms with Gasteiger partial charge in [-0.15, -0.1) is 11.8 Å². The molecular weight excluding hydrogens is 276 g/mol. The van der Waals surface area contributed by atoms with Gasteiger partial charge >= 0.3 is 0 Å². The predicted molar refractivity (Wildman–Crippen MR) is 85.2 cm³/mol. The molecule has 19 heavy (non-hydrogen) atoms. The second-order valence-electron chi connectivity index (χ2n) is 3.94. The maximum absolute atomic E-state index is 5.87. The lowest BCUT2D eigenvalue weighted by Crippen LogP contribution is -2.14. The van der Waals surface area contributed by atoms with E-state index in [0.717, 1.165) is 27.7 Å². The Morgan fingerprint density at radius 3 is 2.84 bits per heavy atom. The largest absolute Gasteiger partial charge is 0.389 e. The van der Waals surface area contributed by atoms with Crippen molar-refractivity contribution in [2.24, 2.45) is 12.8 Å². The average molecular weight is 292 g/mol. The Hall–Kier alpha value is -1.53. The number of benzene rings is 1. The number of hydrogen-bond acceptors (Lipinski definition) is 4. The molecule has 3 N–H and O–H groups in total. The maximum atomic E-state index is 5.87. The summed E-state index contributed by atoms with van der Waals surface area (Å²) in [4.78, 5) is 1.50. The molecule has 6 heteroatoms. The molecule has 100 valence electrons. The smallest absolute Gasteiger partial charge is 0.128 e. The van der Waals surface area contributed by atoms with Crippen LogP contribution in [0.1, 0.15) is 12.5 Å².